The summed E-state index contributed by atoms with van der Waals surface area (Å²) >= 11 is 0. The Morgan fingerprint density at radius 3 is 2.58 bits per heavy atom. The van der Waals surface area contributed by atoms with Gasteiger partial charge in [-0.05, 0) is 36.9 Å². The zero-order chi connectivity index (χ0) is 18.4. The van der Waals surface area contributed by atoms with Gasteiger partial charge in [-0.15, -0.1) is 6.58 Å². The number of benzene rings is 2. The number of anilines is 1. The second kappa shape index (κ2) is 8.54. The van der Waals surface area contributed by atoms with Crippen LogP contribution in [0.3, 0.4) is 0 Å². The molecule has 0 radical (unpaired) electrons. The average Bonchev–Trinajstić information content (AvgIpc) is 2.66. The molecule has 0 aromatic heterocycles. The van der Waals surface area contributed by atoms with Crippen molar-refractivity contribution >= 4 is 11.6 Å². The van der Waals surface area contributed by atoms with Gasteiger partial charge in [0.05, 0.1) is 6.54 Å². The molecular formula is C21H24N2O3. The van der Waals surface area contributed by atoms with Crippen molar-refractivity contribution in [1.82, 2.24) is 4.90 Å². The van der Waals surface area contributed by atoms with Crippen LogP contribution in [0.2, 0.25) is 0 Å². The quantitative estimate of drug-likeness (QED) is 0.718. The third-order valence-corrected chi connectivity index (χ3v) is 4.14. The summed E-state index contributed by atoms with van der Waals surface area (Å²) in [6, 6.07) is 15.6. The van der Waals surface area contributed by atoms with Crippen LogP contribution in [0.25, 0.3) is 0 Å². The number of nitrogens with zero attached hydrogens (tertiary/aromatic N) is 2. The lowest BCUT2D eigenvalue weighted by Gasteiger charge is -2.25. The highest BCUT2D eigenvalue weighted by Crippen LogP contribution is 2.31. The van der Waals surface area contributed by atoms with E-state index in [0.29, 0.717) is 32.8 Å². The second-order valence-corrected chi connectivity index (χ2v) is 6.28. The monoisotopic (exact) mass is 352 g/mol. The van der Waals surface area contributed by atoms with Crippen LogP contribution >= 0.6 is 0 Å². The van der Waals surface area contributed by atoms with Gasteiger partial charge in [-0.1, -0.05) is 30.3 Å². The SMILES string of the molecule is C=CCN(C(=O)CN(C)Cc1ccc2c(c1)OCCO2)c1ccccc1. The molecule has 0 fully saturated rings. The molecule has 0 unspecified atom stereocenters. The number of amides is 1. The van der Waals surface area contributed by atoms with E-state index in [1.165, 1.54) is 0 Å². The number of hydrogen-bond donors (Lipinski definition) is 0. The van der Waals surface area contributed by atoms with E-state index >= 15 is 0 Å². The van der Waals surface area contributed by atoms with E-state index in [2.05, 4.69) is 6.58 Å². The number of fused-ring (bicyclic) bond motifs is 1. The van der Waals surface area contributed by atoms with E-state index in [1.54, 1.807) is 11.0 Å². The Balaban J connectivity index is 1.63. The van der Waals surface area contributed by atoms with Crippen LogP contribution in [0.5, 0.6) is 11.5 Å². The Hall–Kier alpha value is -2.79. The highest BCUT2D eigenvalue weighted by molar-refractivity contribution is 5.95. The Morgan fingerprint density at radius 1 is 1.12 bits per heavy atom. The summed E-state index contributed by atoms with van der Waals surface area (Å²) < 4.78 is 11.2. The van der Waals surface area contributed by atoms with Crippen LogP contribution in [0.4, 0.5) is 5.69 Å². The van der Waals surface area contributed by atoms with Gasteiger partial charge in [-0.2, -0.15) is 0 Å². The number of carbonyl (C=O) groups is 1. The van der Waals surface area contributed by atoms with Crippen molar-refractivity contribution in [1.29, 1.82) is 0 Å². The van der Waals surface area contributed by atoms with Crippen molar-refractivity contribution in [3.63, 3.8) is 0 Å². The lowest BCUT2D eigenvalue weighted by Crippen LogP contribution is -2.39. The zero-order valence-electron chi connectivity index (χ0n) is 15.1. The highest BCUT2D eigenvalue weighted by Gasteiger charge is 2.17. The van der Waals surface area contributed by atoms with Gasteiger partial charge >= 0.3 is 0 Å². The van der Waals surface area contributed by atoms with Crippen molar-refractivity contribution in [2.45, 2.75) is 6.54 Å². The van der Waals surface area contributed by atoms with Gasteiger partial charge in [0.15, 0.2) is 11.5 Å². The fraction of sp³-hybridized carbons (Fsp3) is 0.286. The van der Waals surface area contributed by atoms with Gasteiger partial charge in [-0.3, -0.25) is 9.69 Å². The summed E-state index contributed by atoms with van der Waals surface area (Å²) in [5.74, 6) is 1.59. The summed E-state index contributed by atoms with van der Waals surface area (Å²) in [7, 11) is 1.94. The van der Waals surface area contributed by atoms with Gasteiger partial charge in [-0.25, -0.2) is 0 Å². The lowest BCUT2D eigenvalue weighted by atomic mass is 10.2. The molecule has 1 aliphatic rings. The smallest absolute Gasteiger partial charge is 0.241 e. The third-order valence-electron chi connectivity index (χ3n) is 4.14. The first-order valence-electron chi connectivity index (χ1n) is 8.71. The maximum absolute atomic E-state index is 12.8. The predicted octanol–water partition coefficient (Wildman–Crippen LogP) is 3.11. The Bertz CT molecular complexity index is 761. The molecule has 0 bridgehead atoms. The maximum atomic E-state index is 12.8. The molecule has 5 nitrogen and oxygen atoms in total. The third kappa shape index (κ3) is 4.43. The number of para-hydroxylation sites is 1. The molecule has 5 heteroatoms. The molecule has 1 amide bonds. The molecule has 0 spiro atoms. The van der Waals surface area contributed by atoms with Crippen molar-refractivity contribution < 1.29 is 14.3 Å². The normalized spacial score (nSPS) is 12.7. The van der Waals surface area contributed by atoms with E-state index in [1.807, 2.05) is 60.5 Å². The molecule has 2 aromatic carbocycles. The lowest BCUT2D eigenvalue weighted by molar-refractivity contribution is -0.119. The topological polar surface area (TPSA) is 42.0 Å². The fourth-order valence-electron chi connectivity index (χ4n) is 2.96. The largest absolute Gasteiger partial charge is 0.486 e. The number of likely N-dealkylation sites (N-methyl/N-ethyl adjacent to an activating group) is 1. The van der Waals surface area contributed by atoms with Gasteiger partial charge in [0.2, 0.25) is 5.91 Å². The summed E-state index contributed by atoms with van der Waals surface area (Å²) in [6.45, 7) is 6.37. The first kappa shape index (κ1) is 18.0. The highest BCUT2D eigenvalue weighted by atomic mass is 16.6. The standard InChI is InChI=1S/C21H24N2O3/c1-3-11-23(18-7-5-4-6-8-18)21(24)16-22(2)15-17-9-10-19-20(14-17)26-13-12-25-19/h3-10,14H,1,11-13,15-16H2,2H3. The van der Waals surface area contributed by atoms with Crippen LogP contribution in [0, 0.1) is 0 Å². The Morgan fingerprint density at radius 2 is 1.85 bits per heavy atom. The first-order valence-corrected chi connectivity index (χ1v) is 8.71. The summed E-state index contributed by atoms with van der Waals surface area (Å²) in [6.07, 6.45) is 1.74. The summed E-state index contributed by atoms with van der Waals surface area (Å²) in [5.41, 5.74) is 1.96. The number of carbonyl (C=O) groups excluding carboxylic acids is 1. The molecular weight excluding hydrogens is 328 g/mol. The minimum atomic E-state index is 0.0381. The van der Waals surface area contributed by atoms with Crippen molar-refractivity contribution in [2.24, 2.45) is 0 Å². The Kier molecular flexibility index (Phi) is 5.92. The van der Waals surface area contributed by atoms with Crippen LogP contribution in [0.15, 0.2) is 61.2 Å². The first-order chi connectivity index (χ1) is 12.7. The molecule has 1 aliphatic heterocycles. The molecule has 0 aliphatic carbocycles. The van der Waals surface area contributed by atoms with E-state index in [9.17, 15) is 4.79 Å². The number of ether oxygens (including phenoxy) is 2. The van der Waals surface area contributed by atoms with Crippen molar-refractivity contribution in [2.75, 3.05) is 38.3 Å². The zero-order valence-corrected chi connectivity index (χ0v) is 15.1. The molecule has 0 N–H and O–H groups in total. The molecule has 0 saturated carbocycles. The maximum Gasteiger partial charge on any atom is 0.241 e. The summed E-state index contributed by atoms with van der Waals surface area (Å²) in [4.78, 5) is 16.5. The number of hydrogen-bond acceptors (Lipinski definition) is 4. The molecule has 3 rings (SSSR count). The molecule has 0 atom stereocenters. The van der Waals surface area contributed by atoms with Crippen molar-refractivity contribution in [3.8, 4) is 11.5 Å². The van der Waals surface area contributed by atoms with Gasteiger partial charge in [0, 0.05) is 18.8 Å². The average molecular weight is 352 g/mol. The molecule has 1 heterocycles. The summed E-state index contributed by atoms with van der Waals surface area (Å²) in [5, 5.41) is 0. The number of rotatable bonds is 7. The minimum Gasteiger partial charge on any atom is -0.486 e. The van der Waals surface area contributed by atoms with Gasteiger partial charge < -0.3 is 14.4 Å². The fourth-order valence-corrected chi connectivity index (χ4v) is 2.96. The van der Waals surface area contributed by atoms with Crippen LogP contribution in [-0.4, -0.2) is 44.2 Å². The minimum absolute atomic E-state index is 0.0381. The molecule has 2 aromatic rings. The Labute approximate surface area is 154 Å². The van der Waals surface area contributed by atoms with Gasteiger partial charge in [0.25, 0.3) is 0 Å². The van der Waals surface area contributed by atoms with E-state index in [-0.39, 0.29) is 5.91 Å². The van der Waals surface area contributed by atoms with E-state index in [4.69, 9.17) is 9.47 Å². The second-order valence-electron chi connectivity index (χ2n) is 6.28. The molecule has 136 valence electrons. The van der Waals surface area contributed by atoms with E-state index in [0.717, 1.165) is 22.7 Å². The van der Waals surface area contributed by atoms with E-state index < -0.39 is 0 Å². The van der Waals surface area contributed by atoms with Gasteiger partial charge in [0.1, 0.15) is 13.2 Å². The molecule has 26 heavy (non-hydrogen) atoms. The predicted molar refractivity (Wildman–Crippen MR) is 103 cm³/mol. The van der Waals surface area contributed by atoms with Crippen LogP contribution in [0.1, 0.15) is 5.56 Å². The van der Waals surface area contributed by atoms with Crippen LogP contribution in [-0.2, 0) is 11.3 Å². The molecule has 0 saturated heterocycles. The van der Waals surface area contributed by atoms with Crippen LogP contribution < -0.4 is 14.4 Å². The van der Waals surface area contributed by atoms with Crippen molar-refractivity contribution in [3.05, 3.63) is 66.7 Å².